The molecule has 1 saturated heterocycles. The maximum Gasteiger partial charge on any atom is 0.222 e. The van der Waals surface area contributed by atoms with Crippen LogP contribution >= 0.6 is 0 Å². The largest absolute Gasteiger partial charge is 0.399 e. The van der Waals surface area contributed by atoms with Crippen LogP contribution in [0.4, 0.5) is 5.69 Å². The Kier molecular flexibility index (Phi) is 3.44. The molecule has 1 heterocycles. The second-order valence-electron chi connectivity index (χ2n) is 4.33. The monoisotopic (exact) mass is 218 g/mol. The zero-order chi connectivity index (χ0) is 11.4. The Labute approximate surface area is 96.2 Å². The lowest BCUT2D eigenvalue weighted by Gasteiger charge is -2.14. The van der Waals surface area contributed by atoms with Crippen molar-refractivity contribution in [3.05, 3.63) is 29.8 Å². The van der Waals surface area contributed by atoms with E-state index in [1.807, 2.05) is 29.2 Å². The van der Waals surface area contributed by atoms with Gasteiger partial charge in [0.1, 0.15) is 0 Å². The topological polar surface area (TPSA) is 46.3 Å². The fourth-order valence-electron chi connectivity index (χ4n) is 2.12. The fourth-order valence-corrected chi connectivity index (χ4v) is 2.12. The van der Waals surface area contributed by atoms with Gasteiger partial charge in [-0.15, -0.1) is 0 Å². The van der Waals surface area contributed by atoms with Crippen molar-refractivity contribution in [1.29, 1.82) is 0 Å². The van der Waals surface area contributed by atoms with Crippen LogP contribution in [0.25, 0.3) is 0 Å². The minimum atomic E-state index is 0.278. The van der Waals surface area contributed by atoms with Crippen LogP contribution in [0.5, 0.6) is 0 Å². The zero-order valence-corrected chi connectivity index (χ0v) is 9.48. The lowest BCUT2D eigenvalue weighted by Crippen LogP contribution is -2.27. The summed E-state index contributed by atoms with van der Waals surface area (Å²) in [7, 11) is 0. The number of likely N-dealkylation sites (tertiary alicyclic amines) is 1. The highest BCUT2D eigenvalue weighted by Gasteiger charge is 2.17. The van der Waals surface area contributed by atoms with Crippen molar-refractivity contribution < 1.29 is 4.79 Å². The number of nitrogens with two attached hydrogens (primary N) is 1. The number of aryl methyl sites for hydroxylation is 1. The molecule has 1 aliphatic heterocycles. The van der Waals surface area contributed by atoms with Crippen molar-refractivity contribution in [2.45, 2.75) is 25.7 Å². The van der Waals surface area contributed by atoms with E-state index in [-0.39, 0.29) is 5.91 Å². The maximum atomic E-state index is 11.8. The number of carbonyl (C=O) groups excluding carboxylic acids is 1. The van der Waals surface area contributed by atoms with Crippen LogP contribution in [0.1, 0.15) is 24.8 Å². The van der Waals surface area contributed by atoms with E-state index in [1.165, 1.54) is 0 Å². The van der Waals surface area contributed by atoms with Crippen molar-refractivity contribution in [2.75, 3.05) is 18.8 Å². The van der Waals surface area contributed by atoms with Crippen LogP contribution in [-0.2, 0) is 11.2 Å². The molecule has 0 saturated carbocycles. The standard InChI is InChI=1S/C13H18N2O/c14-12-5-3-4-11(10-12)6-7-13(16)15-8-1-2-9-15/h3-5,10H,1-2,6-9,14H2. The Morgan fingerprint density at radius 3 is 2.75 bits per heavy atom. The van der Waals surface area contributed by atoms with E-state index in [0.29, 0.717) is 6.42 Å². The van der Waals surface area contributed by atoms with E-state index >= 15 is 0 Å². The van der Waals surface area contributed by atoms with Crippen LogP contribution < -0.4 is 5.73 Å². The SMILES string of the molecule is Nc1cccc(CCC(=O)N2CCCC2)c1. The van der Waals surface area contributed by atoms with Gasteiger partial charge in [-0.3, -0.25) is 4.79 Å². The van der Waals surface area contributed by atoms with Crippen molar-refractivity contribution >= 4 is 11.6 Å². The molecule has 1 aliphatic rings. The highest BCUT2D eigenvalue weighted by atomic mass is 16.2. The van der Waals surface area contributed by atoms with Gasteiger partial charge in [0.25, 0.3) is 0 Å². The van der Waals surface area contributed by atoms with E-state index in [4.69, 9.17) is 5.73 Å². The van der Waals surface area contributed by atoms with Crippen molar-refractivity contribution in [2.24, 2.45) is 0 Å². The molecule has 1 aromatic carbocycles. The Hall–Kier alpha value is -1.51. The number of anilines is 1. The van der Waals surface area contributed by atoms with Crippen molar-refractivity contribution in [3.63, 3.8) is 0 Å². The summed E-state index contributed by atoms with van der Waals surface area (Å²) in [6.45, 7) is 1.88. The van der Waals surface area contributed by atoms with E-state index in [2.05, 4.69) is 0 Å². The molecule has 1 aromatic rings. The summed E-state index contributed by atoms with van der Waals surface area (Å²) in [5, 5.41) is 0. The molecule has 1 fully saturated rings. The lowest BCUT2D eigenvalue weighted by atomic mass is 10.1. The molecule has 0 unspecified atom stereocenters. The molecule has 0 spiro atoms. The van der Waals surface area contributed by atoms with Gasteiger partial charge in [-0.25, -0.2) is 0 Å². The summed E-state index contributed by atoms with van der Waals surface area (Å²) in [5.41, 5.74) is 7.61. The van der Waals surface area contributed by atoms with Crippen LogP contribution in [0.3, 0.4) is 0 Å². The van der Waals surface area contributed by atoms with Gasteiger partial charge in [0, 0.05) is 25.2 Å². The van der Waals surface area contributed by atoms with Crippen LogP contribution in [0, 0.1) is 0 Å². The third-order valence-electron chi connectivity index (χ3n) is 3.04. The van der Waals surface area contributed by atoms with Crippen LogP contribution in [-0.4, -0.2) is 23.9 Å². The Bertz CT molecular complexity index is 370. The number of benzene rings is 1. The van der Waals surface area contributed by atoms with Crippen molar-refractivity contribution in [3.8, 4) is 0 Å². The molecule has 16 heavy (non-hydrogen) atoms. The van der Waals surface area contributed by atoms with Gasteiger partial charge in [0.2, 0.25) is 5.91 Å². The lowest BCUT2D eigenvalue weighted by molar-refractivity contribution is -0.130. The summed E-state index contributed by atoms with van der Waals surface area (Å²) in [6.07, 6.45) is 3.71. The van der Waals surface area contributed by atoms with E-state index in [9.17, 15) is 4.79 Å². The molecule has 0 atom stereocenters. The average Bonchev–Trinajstić information content (AvgIpc) is 2.79. The van der Waals surface area contributed by atoms with Gasteiger partial charge >= 0.3 is 0 Å². The predicted octanol–water partition coefficient (Wildman–Crippen LogP) is 1.82. The molecule has 3 heteroatoms. The zero-order valence-electron chi connectivity index (χ0n) is 9.48. The first-order chi connectivity index (χ1) is 7.75. The number of hydrogen-bond acceptors (Lipinski definition) is 2. The molecular formula is C13H18N2O. The normalized spacial score (nSPS) is 15.4. The molecule has 3 nitrogen and oxygen atoms in total. The molecule has 0 bridgehead atoms. The molecule has 86 valence electrons. The second kappa shape index (κ2) is 5.01. The fraction of sp³-hybridized carbons (Fsp3) is 0.462. The first-order valence-corrected chi connectivity index (χ1v) is 5.88. The Morgan fingerprint density at radius 2 is 2.06 bits per heavy atom. The molecule has 0 aromatic heterocycles. The number of nitrogen functional groups attached to an aromatic ring is 1. The Morgan fingerprint density at radius 1 is 1.31 bits per heavy atom. The third-order valence-corrected chi connectivity index (χ3v) is 3.04. The molecular weight excluding hydrogens is 200 g/mol. The molecule has 1 amide bonds. The number of rotatable bonds is 3. The highest BCUT2D eigenvalue weighted by Crippen LogP contribution is 2.12. The Balaban J connectivity index is 1.84. The van der Waals surface area contributed by atoms with Gasteiger partial charge in [-0.05, 0) is 37.0 Å². The maximum absolute atomic E-state index is 11.8. The van der Waals surface area contributed by atoms with Crippen molar-refractivity contribution in [1.82, 2.24) is 4.90 Å². The first-order valence-electron chi connectivity index (χ1n) is 5.88. The average molecular weight is 218 g/mol. The first kappa shape index (κ1) is 11.0. The molecule has 2 rings (SSSR count). The molecule has 0 radical (unpaired) electrons. The minimum Gasteiger partial charge on any atom is -0.399 e. The van der Waals surface area contributed by atoms with Gasteiger partial charge in [-0.1, -0.05) is 12.1 Å². The minimum absolute atomic E-state index is 0.278. The second-order valence-corrected chi connectivity index (χ2v) is 4.33. The number of amides is 1. The molecule has 2 N–H and O–H groups in total. The number of hydrogen-bond donors (Lipinski definition) is 1. The molecule has 0 aliphatic carbocycles. The van der Waals surface area contributed by atoms with Gasteiger partial charge in [0.05, 0.1) is 0 Å². The summed E-state index contributed by atoms with van der Waals surface area (Å²) in [6, 6.07) is 7.77. The highest BCUT2D eigenvalue weighted by molar-refractivity contribution is 5.76. The summed E-state index contributed by atoms with van der Waals surface area (Å²) in [5.74, 6) is 0.278. The quantitative estimate of drug-likeness (QED) is 0.787. The van der Waals surface area contributed by atoms with E-state index < -0.39 is 0 Å². The smallest absolute Gasteiger partial charge is 0.222 e. The summed E-state index contributed by atoms with van der Waals surface area (Å²) in [4.78, 5) is 13.8. The van der Waals surface area contributed by atoms with E-state index in [0.717, 1.165) is 43.6 Å². The van der Waals surface area contributed by atoms with Gasteiger partial charge < -0.3 is 10.6 Å². The van der Waals surface area contributed by atoms with Crippen LogP contribution in [0.15, 0.2) is 24.3 Å². The predicted molar refractivity (Wildman–Crippen MR) is 65.0 cm³/mol. The third kappa shape index (κ3) is 2.75. The summed E-state index contributed by atoms with van der Waals surface area (Å²) < 4.78 is 0. The van der Waals surface area contributed by atoms with Gasteiger partial charge in [0.15, 0.2) is 0 Å². The number of nitrogens with zero attached hydrogens (tertiary/aromatic N) is 1. The van der Waals surface area contributed by atoms with Crippen LogP contribution in [0.2, 0.25) is 0 Å². The van der Waals surface area contributed by atoms with E-state index in [1.54, 1.807) is 0 Å². The number of carbonyl (C=O) groups is 1. The van der Waals surface area contributed by atoms with Gasteiger partial charge in [-0.2, -0.15) is 0 Å². The summed E-state index contributed by atoms with van der Waals surface area (Å²) >= 11 is 0.